The number of nitrogens with one attached hydrogen (secondary N) is 2. The van der Waals surface area contributed by atoms with Crippen molar-refractivity contribution in [2.75, 3.05) is 25.1 Å². The van der Waals surface area contributed by atoms with Crippen molar-refractivity contribution >= 4 is 17.7 Å². The number of nitrogens with zero attached hydrogens (tertiary/aromatic N) is 3. The van der Waals surface area contributed by atoms with E-state index >= 15 is 0 Å². The quantitative estimate of drug-likeness (QED) is 0.407. The summed E-state index contributed by atoms with van der Waals surface area (Å²) in [5.41, 5.74) is 3.19. The highest BCUT2D eigenvalue weighted by Gasteiger charge is 2.53. The summed E-state index contributed by atoms with van der Waals surface area (Å²) >= 11 is 0. The number of pyridine rings is 1. The van der Waals surface area contributed by atoms with Crippen LogP contribution in [0.15, 0.2) is 24.7 Å². The molecule has 9 nitrogen and oxygen atoms in total. The predicted molar refractivity (Wildman–Crippen MR) is 127 cm³/mol. The number of anilines is 1. The van der Waals surface area contributed by atoms with Gasteiger partial charge in [0.15, 0.2) is 0 Å². The van der Waals surface area contributed by atoms with Crippen LogP contribution in [0.4, 0.5) is 5.82 Å². The zero-order valence-corrected chi connectivity index (χ0v) is 19.7. The van der Waals surface area contributed by atoms with Gasteiger partial charge in [0.05, 0.1) is 5.41 Å². The summed E-state index contributed by atoms with van der Waals surface area (Å²) in [6.45, 7) is 3.65. The molecule has 182 valence electrons. The lowest BCUT2D eigenvalue weighted by molar-refractivity contribution is -0.142. The van der Waals surface area contributed by atoms with Gasteiger partial charge in [-0.2, -0.15) is 0 Å². The summed E-state index contributed by atoms with van der Waals surface area (Å²) in [6, 6.07) is 3.28. The van der Waals surface area contributed by atoms with Crippen LogP contribution in [0.1, 0.15) is 61.0 Å². The van der Waals surface area contributed by atoms with Crippen LogP contribution in [0, 0.1) is 6.92 Å². The Morgan fingerprint density at radius 3 is 2.88 bits per heavy atom. The van der Waals surface area contributed by atoms with Crippen molar-refractivity contribution in [2.24, 2.45) is 0 Å². The van der Waals surface area contributed by atoms with Gasteiger partial charge in [0, 0.05) is 49.3 Å². The molecule has 2 aromatic heterocycles. The Bertz CT molecular complexity index is 1020. The van der Waals surface area contributed by atoms with E-state index in [9.17, 15) is 14.7 Å². The molecule has 1 amide bonds. The molecule has 1 fully saturated rings. The number of amides is 1. The zero-order chi connectivity index (χ0) is 24.0. The molecule has 34 heavy (non-hydrogen) atoms. The van der Waals surface area contributed by atoms with Gasteiger partial charge in [0.1, 0.15) is 18.2 Å². The van der Waals surface area contributed by atoms with E-state index in [2.05, 4.69) is 32.7 Å². The van der Waals surface area contributed by atoms with Crippen molar-refractivity contribution in [3.8, 4) is 0 Å². The molecule has 3 heterocycles. The van der Waals surface area contributed by atoms with Crippen LogP contribution in [-0.2, 0) is 32.6 Å². The zero-order valence-electron chi connectivity index (χ0n) is 19.7. The second kappa shape index (κ2) is 10.9. The summed E-state index contributed by atoms with van der Waals surface area (Å²) < 4.78 is 5.66. The Morgan fingerprint density at radius 1 is 1.26 bits per heavy atom. The number of carboxylic acids is 1. The van der Waals surface area contributed by atoms with Gasteiger partial charge in [-0.15, -0.1) is 0 Å². The molecule has 4 rings (SSSR count). The number of fused-ring (bicyclic) bond motifs is 1. The molecule has 9 heteroatoms. The molecule has 0 radical (unpaired) electrons. The average Bonchev–Trinajstić information content (AvgIpc) is 3.64. The third-order valence-corrected chi connectivity index (χ3v) is 6.69. The van der Waals surface area contributed by atoms with Crippen molar-refractivity contribution < 1.29 is 19.4 Å². The SMILES string of the molecule is Cc1ncncc1C1(C(=O)NC(CCOCCCCc2ccc3c(n2)NCCC3)C(=O)O)CC1. The van der Waals surface area contributed by atoms with Crippen molar-refractivity contribution in [3.05, 3.63) is 47.2 Å². The number of carbonyl (C=O) groups excluding carboxylic acids is 1. The Balaban J connectivity index is 1.16. The highest BCUT2D eigenvalue weighted by atomic mass is 16.5. The monoisotopic (exact) mass is 467 g/mol. The van der Waals surface area contributed by atoms with E-state index in [0.29, 0.717) is 19.4 Å². The van der Waals surface area contributed by atoms with Crippen LogP contribution < -0.4 is 10.6 Å². The number of ether oxygens (including phenoxy) is 1. The van der Waals surface area contributed by atoms with Gasteiger partial charge in [-0.1, -0.05) is 6.07 Å². The number of rotatable bonds is 12. The Hall–Kier alpha value is -3.07. The minimum absolute atomic E-state index is 0.222. The maximum atomic E-state index is 12.9. The molecule has 0 spiro atoms. The number of hydrogen-bond acceptors (Lipinski definition) is 7. The van der Waals surface area contributed by atoms with E-state index in [1.807, 2.05) is 6.92 Å². The third-order valence-electron chi connectivity index (χ3n) is 6.69. The third kappa shape index (κ3) is 5.70. The van der Waals surface area contributed by atoms with Crippen molar-refractivity contribution in [1.82, 2.24) is 20.3 Å². The Kier molecular flexibility index (Phi) is 7.72. The summed E-state index contributed by atoms with van der Waals surface area (Å²) in [7, 11) is 0. The van der Waals surface area contributed by atoms with E-state index < -0.39 is 17.4 Å². The van der Waals surface area contributed by atoms with Crippen LogP contribution in [0.3, 0.4) is 0 Å². The predicted octanol–water partition coefficient (Wildman–Crippen LogP) is 2.57. The molecule has 3 N–H and O–H groups in total. The first-order valence-corrected chi connectivity index (χ1v) is 12.1. The molecule has 1 aliphatic heterocycles. The van der Waals surface area contributed by atoms with Gasteiger partial charge in [-0.3, -0.25) is 4.79 Å². The largest absolute Gasteiger partial charge is 0.480 e. The molecule has 1 saturated carbocycles. The van der Waals surface area contributed by atoms with E-state index in [1.54, 1.807) is 6.20 Å². The van der Waals surface area contributed by atoms with E-state index in [0.717, 1.165) is 61.4 Å². The second-order valence-corrected chi connectivity index (χ2v) is 9.17. The topological polar surface area (TPSA) is 126 Å². The highest BCUT2D eigenvalue weighted by molar-refractivity contribution is 5.94. The van der Waals surface area contributed by atoms with E-state index in [-0.39, 0.29) is 18.9 Å². The highest BCUT2D eigenvalue weighted by Crippen LogP contribution is 2.49. The molecule has 2 aliphatic rings. The van der Waals surface area contributed by atoms with Crippen molar-refractivity contribution in [2.45, 2.75) is 69.7 Å². The van der Waals surface area contributed by atoms with Crippen LogP contribution >= 0.6 is 0 Å². The molecule has 0 saturated heterocycles. The van der Waals surface area contributed by atoms with Crippen LogP contribution in [0.5, 0.6) is 0 Å². The van der Waals surface area contributed by atoms with Crippen LogP contribution in [0.25, 0.3) is 0 Å². The molecular formula is C25H33N5O4. The van der Waals surface area contributed by atoms with Crippen LogP contribution in [0.2, 0.25) is 0 Å². The lowest BCUT2D eigenvalue weighted by atomic mass is 9.94. The molecule has 0 bridgehead atoms. The number of aliphatic carboxylic acids is 1. The fraction of sp³-hybridized carbons (Fsp3) is 0.560. The van der Waals surface area contributed by atoms with Gasteiger partial charge < -0.3 is 20.5 Å². The number of hydrogen-bond donors (Lipinski definition) is 3. The Morgan fingerprint density at radius 2 is 2.12 bits per heavy atom. The van der Waals surface area contributed by atoms with Gasteiger partial charge in [-0.05, 0) is 63.5 Å². The Labute approximate surface area is 199 Å². The maximum Gasteiger partial charge on any atom is 0.326 e. The van der Waals surface area contributed by atoms with Crippen molar-refractivity contribution in [3.63, 3.8) is 0 Å². The molecule has 1 unspecified atom stereocenters. The smallest absolute Gasteiger partial charge is 0.326 e. The minimum Gasteiger partial charge on any atom is -0.480 e. The minimum atomic E-state index is -1.05. The fourth-order valence-electron chi connectivity index (χ4n) is 4.48. The molecular weight excluding hydrogens is 434 g/mol. The van der Waals surface area contributed by atoms with Gasteiger partial charge in [0.25, 0.3) is 0 Å². The fourth-order valence-corrected chi connectivity index (χ4v) is 4.48. The molecule has 0 aromatic carbocycles. The number of aryl methyl sites for hydroxylation is 3. The van der Waals surface area contributed by atoms with Gasteiger partial charge >= 0.3 is 5.97 Å². The molecule has 2 aromatic rings. The van der Waals surface area contributed by atoms with E-state index in [4.69, 9.17) is 9.72 Å². The number of unbranched alkanes of at least 4 members (excludes halogenated alkanes) is 1. The summed E-state index contributed by atoms with van der Waals surface area (Å²) in [5.74, 6) is -0.310. The first-order chi connectivity index (χ1) is 16.5. The first kappa shape index (κ1) is 24.1. The number of aromatic nitrogens is 3. The lowest BCUT2D eigenvalue weighted by Gasteiger charge is -2.20. The molecule has 1 aliphatic carbocycles. The van der Waals surface area contributed by atoms with E-state index in [1.165, 1.54) is 11.9 Å². The van der Waals surface area contributed by atoms with Crippen molar-refractivity contribution in [1.29, 1.82) is 0 Å². The van der Waals surface area contributed by atoms with Gasteiger partial charge in [0.2, 0.25) is 5.91 Å². The summed E-state index contributed by atoms with van der Waals surface area (Å²) in [5, 5.41) is 15.6. The average molecular weight is 468 g/mol. The standard InChI is InChI=1S/C25H33N5O4/c1-17-20(15-26-16-28-17)25(10-11-25)24(33)30-21(23(31)32)9-14-34-13-3-2-6-19-8-7-18-5-4-12-27-22(18)29-19/h7-8,15-16,21H,2-6,9-14H2,1H3,(H,27,29)(H,30,33)(H,31,32). The number of carbonyl (C=O) groups is 2. The first-order valence-electron chi connectivity index (χ1n) is 12.1. The summed E-state index contributed by atoms with van der Waals surface area (Å²) in [4.78, 5) is 37.5. The lowest BCUT2D eigenvalue weighted by Crippen LogP contribution is -2.46. The molecule has 1 atom stereocenters. The second-order valence-electron chi connectivity index (χ2n) is 9.17. The van der Waals surface area contributed by atoms with Gasteiger partial charge in [-0.25, -0.2) is 19.7 Å². The van der Waals surface area contributed by atoms with Crippen LogP contribution in [-0.4, -0.2) is 57.7 Å². The normalized spacial score (nSPS) is 16.7. The summed E-state index contributed by atoms with van der Waals surface area (Å²) in [6.07, 6.45) is 9.61. The maximum absolute atomic E-state index is 12.9. The number of carboxylic acid groups (broad SMARTS) is 1.